The summed E-state index contributed by atoms with van der Waals surface area (Å²) in [5, 5.41) is 8.62. The third-order valence-electron chi connectivity index (χ3n) is 1.91. The molecule has 0 aliphatic rings. The predicted octanol–water partition coefficient (Wildman–Crippen LogP) is 0.723. The zero-order valence-electron chi connectivity index (χ0n) is 9.16. The summed E-state index contributed by atoms with van der Waals surface area (Å²) in [7, 11) is -3.16. The van der Waals surface area contributed by atoms with Crippen LogP contribution in [0.1, 0.15) is 33.6 Å². The molecule has 0 aliphatic heterocycles. The average molecular weight is 223 g/mol. The maximum absolute atomic E-state index is 11.4. The summed E-state index contributed by atoms with van der Waals surface area (Å²) in [5.41, 5.74) is 0. The van der Waals surface area contributed by atoms with Gasteiger partial charge in [0.1, 0.15) is 0 Å². The average Bonchev–Trinajstić information content (AvgIpc) is 2.00. The van der Waals surface area contributed by atoms with E-state index in [1.165, 1.54) is 0 Å². The Kier molecular flexibility index (Phi) is 6.31. The van der Waals surface area contributed by atoms with Crippen LogP contribution in [-0.2, 0) is 10.0 Å². The molecule has 1 atom stereocenters. The van der Waals surface area contributed by atoms with Crippen LogP contribution < -0.4 is 4.72 Å². The van der Waals surface area contributed by atoms with Gasteiger partial charge in [0, 0.05) is 12.6 Å². The number of sulfonamides is 1. The first kappa shape index (κ1) is 13.9. The van der Waals surface area contributed by atoms with Crippen molar-refractivity contribution in [3.8, 4) is 0 Å². The van der Waals surface area contributed by atoms with E-state index < -0.39 is 10.0 Å². The molecule has 4 nitrogen and oxygen atoms in total. The van der Waals surface area contributed by atoms with Gasteiger partial charge in [0.25, 0.3) is 0 Å². The van der Waals surface area contributed by atoms with Gasteiger partial charge >= 0.3 is 0 Å². The first-order chi connectivity index (χ1) is 6.37. The molecule has 0 aromatic rings. The second-order valence-corrected chi connectivity index (χ2v) is 5.91. The van der Waals surface area contributed by atoms with E-state index in [1.54, 1.807) is 6.92 Å². The Morgan fingerprint density at radius 1 is 1.21 bits per heavy atom. The van der Waals surface area contributed by atoms with E-state index >= 15 is 0 Å². The fourth-order valence-electron chi connectivity index (χ4n) is 1.01. The number of rotatable bonds is 7. The maximum Gasteiger partial charge on any atom is 0.211 e. The Bertz CT molecular complexity index is 236. The molecule has 86 valence electrons. The van der Waals surface area contributed by atoms with E-state index in [-0.39, 0.29) is 18.4 Å². The van der Waals surface area contributed by atoms with Crippen molar-refractivity contribution in [3.05, 3.63) is 0 Å². The molecule has 0 fully saturated rings. The Hall–Kier alpha value is -0.130. The molecule has 0 aromatic carbocycles. The van der Waals surface area contributed by atoms with E-state index in [0.717, 1.165) is 0 Å². The zero-order chi connectivity index (χ0) is 11.2. The minimum absolute atomic E-state index is 0.00780. The normalized spacial score (nSPS) is 14.6. The van der Waals surface area contributed by atoms with Crippen molar-refractivity contribution < 1.29 is 13.5 Å². The molecule has 2 N–H and O–H groups in total. The summed E-state index contributed by atoms with van der Waals surface area (Å²) in [5.74, 6) is 0.556. The first-order valence-corrected chi connectivity index (χ1v) is 6.63. The monoisotopic (exact) mass is 223 g/mol. The second kappa shape index (κ2) is 6.37. The summed E-state index contributed by atoms with van der Waals surface area (Å²) in [6, 6.07) is -0.183. The number of aliphatic hydroxyl groups excluding tert-OH is 1. The molecule has 0 spiro atoms. The van der Waals surface area contributed by atoms with Crippen molar-refractivity contribution in [1.82, 2.24) is 4.72 Å². The molecule has 0 saturated carbocycles. The highest BCUT2D eigenvalue weighted by molar-refractivity contribution is 7.89. The summed E-state index contributed by atoms with van der Waals surface area (Å²) in [6.45, 7) is 5.75. The van der Waals surface area contributed by atoms with Crippen molar-refractivity contribution in [1.29, 1.82) is 0 Å². The third-order valence-corrected chi connectivity index (χ3v) is 3.44. The Morgan fingerprint density at radius 3 is 2.21 bits per heavy atom. The molecule has 0 heterocycles. The van der Waals surface area contributed by atoms with E-state index in [9.17, 15) is 8.42 Å². The van der Waals surface area contributed by atoms with E-state index in [1.807, 2.05) is 13.8 Å². The van der Waals surface area contributed by atoms with Gasteiger partial charge < -0.3 is 5.11 Å². The van der Waals surface area contributed by atoms with Crippen molar-refractivity contribution in [2.75, 3.05) is 12.4 Å². The Balaban J connectivity index is 3.95. The van der Waals surface area contributed by atoms with Crippen LogP contribution in [0.25, 0.3) is 0 Å². The fraction of sp³-hybridized carbons (Fsp3) is 1.00. The number of hydrogen-bond acceptors (Lipinski definition) is 3. The SMILES string of the molecule is CC(C)CCS(=O)(=O)NC(C)CCO. The van der Waals surface area contributed by atoms with E-state index in [2.05, 4.69) is 4.72 Å². The van der Waals surface area contributed by atoms with Crippen LogP contribution in [0.15, 0.2) is 0 Å². The quantitative estimate of drug-likeness (QED) is 0.668. The molecular formula is C9H21NO3S. The molecule has 0 saturated heterocycles. The molecule has 1 unspecified atom stereocenters. The van der Waals surface area contributed by atoms with Crippen LogP contribution in [0.2, 0.25) is 0 Å². The van der Waals surface area contributed by atoms with Crippen LogP contribution >= 0.6 is 0 Å². The summed E-state index contributed by atoms with van der Waals surface area (Å²) in [4.78, 5) is 0. The van der Waals surface area contributed by atoms with Crippen molar-refractivity contribution >= 4 is 10.0 Å². The highest BCUT2D eigenvalue weighted by Gasteiger charge is 2.14. The topological polar surface area (TPSA) is 66.4 Å². The maximum atomic E-state index is 11.4. The number of hydrogen-bond donors (Lipinski definition) is 2. The van der Waals surface area contributed by atoms with Gasteiger partial charge in [-0.05, 0) is 25.7 Å². The van der Waals surface area contributed by atoms with Gasteiger partial charge in [0.15, 0.2) is 0 Å². The highest BCUT2D eigenvalue weighted by atomic mass is 32.2. The van der Waals surface area contributed by atoms with Crippen LogP contribution in [0.3, 0.4) is 0 Å². The smallest absolute Gasteiger partial charge is 0.211 e. The molecule has 14 heavy (non-hydrogen) atoms. The first-order valence-electron chi connectivity index (χ1n) is 4.98. The predicted molar refractivity (Wildman–Crippen MR) is 57.5 cm³/mol. The van der Waals surface area contributed by atoms with Crippen molar-refractivity contribution in [2.45, 2.75) is 39.7 Å². The molecule has 0 aromatic heterocycles. The van der Waals surface area contributed by atoms with Gasteiger partial charge in [-0.15, -0.1) is 0 Å². The number of aliphatic hydroxyl groups is 1. The molecule has 0 bridgehead atoms. The van der Waals surface area contributed by atoms with E-state index in [0.29, 0.717) is 18.8 Å². The fourth-order valence-corrected chi connectivity index (χ4v) is 2.64. The van der Waals surface area contributed by atoms with Crippen molar-refractivity contribution in [3.63, 3.8) is 0 Å². The van der Waals surface area contributed by atoms with Crippen molar-refractivity contribution in [2.24, 2.45) is 5.92 Å². The molecule has 5 heteroatoms. The molecule has 0 aliphatic carbocycles. The number of nitrogens with one attached hydrogen (secondary N) is 1. The van der Waals surface area contributed by atoms with Gasteiger partial charge in [-0.1, -0.05) is 13.8 Å². The van der Waals surface area contributed by atoms with E-state index in [4.69, 9.17) is 5.11 Å². The third kappa shape index (κ3) is 7.29. The van der Waals surface area contributed by atoms with Gasteiger partial charge in [-0.2, -0.15) is 0 Å². The lowest BCUT2D eigenvalue weighted by Crippen LogP contribution is -2.35. The molecule has 0 rings (SSSR count). The molecule has 0 amide bonds. The second-order valence-electron chi connectivity index (χ2n) is 4.03. The largest absolute Gasteiger partial charge is 0.396 e. The standard InChI is InChI=1S/C9H21NO3S/c1-8(2)5-7-14(12,13)10-9(3)4-6-11/h8-11H,4-7H2,1-3H3. The Labute approximate surface area is 86.8 Å². The zero-order valence-corrected chi connectivity index (χ0v) is 9.97. The molecule has 0 radical (unpaired) electrons. The lowest BCUT2D eigenvalue weighted by molar-refractivity contribution is 0.275. The molecular weight excluding hydrogens is 202 g/mol. The lowest BCUT2D eigenvalue weighted by atomic mass is 10.2. The van der Waals surface area contributed by atoms with Crippen LogP contribution in [0, 0.1) is 5.92 Å². The van der Waals surface area contributed by atoms with Gasteiger partial charge in [0.05, 0.1) is 5.75 Å². The van der Waals surface area contributed by atoms with Crippen LogP contribution in [0.4, 0.5) is 0 Å². The van der Waals surface area contributed by atoms with Gasteiger partial charge in [-0.25, -0.2) is 13.1 Å². The van der Waals surface area contributed by atoms with Crippen LogP contribution in [-0.4, -0.2) is 31.9 Å². The minimum atomic E-state index is -3.16. The van der Waals surface area contributed by atoms with Gasteiger partial charge in [0.2, 0.25) is 10.0 Å². The summed E-state index contributed by atoms with van der Waals surface area (Å²) in [6.07, 6.45) is 1.13. The Morgan fingerprint density at radius 2 is 1.79 bits per heavy atom. The summed E-state index contributed by atoms with van der Waals surface area (Å²) >= 11 is 0. The lowest BCUT2D eigenvalue weighted by Gasteiger charge is -2.13. The van der Waals surface area contributed by atoms with Crippen LogP contribution in [0.5, 0.6) is 0 Å². The minimum Gasteiger partial charge on any atom is -0.396 e. The highest BCUT2D eigenvalue weighted by Crippen LogP contribution is 2.03. The van der Waals surface area contributed by atoms with Gasteiger partial charge in [-0.3, -0.25) is 0 Å². The summed E-state index contributed by atoms with van der Waals surface area (Å²) < 4.78 is 25.4.